The van der Waals surface area contributed by atoms with E-state index in [1.165, 1.54) is 12.8 Å². The van der Waals surface area contributed by atoms with Crippen molar-refractivity contribution >= 4 is 15.9 Å². The highest BCUT2D eigenvalue weighted by Gasteiger charge is 2.31. The molecule has 1 aliphatic rings. The molecule has 0 saturated heterocycles. The Balaban J connectivity index is 2.29. The van der Waals surface area contributed by atoms with E-state index < -0.39 is 0 Å². The van der Waals surface area contributed by atoms with E-state index in [0.29, 0.717) is 16.9 Å². The van der Waals surface area contributed by atoms with E-state index >= 15 is 0 Å². The molecule has 3 heteroatoms. The summed E-state index contributed by atoms with van der Waals surface area (Å²) in [5, 5.41) is 0. The Hall–Kier alpha value is -0.410. The Kier molecular flexibility index (Phi) is 4.79. The average molecular weight is 314 g/mol. The predicted molar refractivity (Wildman–Crippen MR) is 77.0 cm³/mol. The molecule has 0 aromatic heterocycles. The molecule has 1 aliphatic carbocycles. The van der Waals surface area contributed by atoms with Crippen LogP contribution in [0.5, 0.6) is 0 Å². The predicted octanol–water partition coefficient (Wildman–Crippen LogP) is 4.46. The van der Waals surface area contributed by atoms with Crippen molar-refractivity contribution in [2.75, 3.05) is 6.54 Å². The molecule has 0 heterocycles. The minimum Gasteiger partial charge on any atom is -0.330 e. The largest absolute Gasteiger partial charge is 0.330 e. The molecule has 0 spiro atoms. The Morgan fingerprint density at radius 3 is 2.83 bits per heavy atom. The maximum absolute atomic E-state index is 14.2. The zero-order chi connectivity index (χ0) is 13.1. The number of rotatable bonds is 3. The van der Waals surface area contributed by atoms with Crippen molar-refractivity contribution in [1.29, 1.82) is 0 Å². The lowest BCUT2D eigenvalue weighted by Crippen LogP contribution is -2.29. The highest BCUT2D eigenvalue weighted by atomic mass is 79.9. The van der Waals surface area contributed by atoms with Gasteiger partial charge in [0.2, 0.25) is 0 Å². The Bertz CT molecular complexity index is 407. The third-order valence-electron chi connectivity index (χ3n) is 4.36. The summed E-state index contributed by atoms with van der Waals surface area (Å²) in [6.45, 7) is 2.88. The summed E-state index contributed by atoms with van der Waals surface area (Å²) in [5.41, 5.74) is 6.72. The summed E-state index contributed by atoms with van der Waals surface area (Å²) in [6, 6.07) is 5.60. The Labute approximate surface area is 117 Å². The third-order valence-corrected chi connectivity index (χ3v) is 4.98. The van der Waals surface area contributed by atoms with Crippen LogP contribution < -0.4 is 5.73 Å². The monoisotopic (exact) mass is 313 g/mol. The second-order valence-corrected chi connectivity index (χ2v) is 6.19. The van der Waals surface area contributed by atoms with Crippen molar-refractivity contribution in [2.45, 2.75) is 38.5 Å². The van der Waals surface area contributed by atoms with Crippen LogP contribution >= 0.6 is 15.9 Å². The van der Waals surface area contributed by atoms with Crippen molar-refractivity contribution < 1.29 is 4.39 Å². The standard InChI is InChI=1S/C15H21BrFN/c1-2-10-6-7-11(9-18)13(8-10)12-4-3-5-14(16)15(12)17/h3-5,10-11,13H,2,6-9,18H2,1H3. The second kappa shape index (κ2) is 6.16. The van der Waals surface area contributed by atoms with Crippen molar-refractivity contribution in [2.24, 2.45) is 17.6 Å². The summed E-state index contributed by atoms with van der Waals surface area (Å²) in [4.78, 5) is 0. The summed E-state index contributed by atoms with van der Waals surface area (Å²) in [5.74, 6) is 1.33. The average Bonchev–Trinajstić information content (AvgIpc) is 2.41. The summed E-state index contributed by atoms with van der Waals surface area (Å²) < 4.78 is 14.8. The lowest BCUT2D eigenvalue weighted by Gasteiger charge is -2.36. The first kappa shape index (κ1) is 14.0. The second-order valence-electron chi connectivity index (χ2n) is 5.33. The molecule has 0 radical (unpaired) electrons. The number of hydrogen-bond acceptors (Lipinski definition) is 1. The molecular weight excluding hydrogens is 293 g/mol. The van der Waals surface area contributed by atoms with E-state index in [0.717, 1.165) is 24.3 Å². The zero-order valence-electron chi connectivity index (χ0n) is 10.8. The molecule has 0 bridgehead atoms. The molecular formula is C15H21BrFN. The van der Waals surface area contributed by atoms with Gasteiger partial charge >= 0.3 is 0 Å². The van der Waals surface area contributed by atoms with Gasteiger partial charge in [-0.3, -0.25) is 0 Å². The van der Waals surface area contributed by atoms with Gasteiger partial charge in [0.25, 0.3) is 0 Å². The number of halogens is 2. The topological polar surface area (TPSA) is 26.0 Å². The van der Waals surface area contributed by atoms with E-state index in [2.05, 4.69) is 22.9 Å². The molecule has 0 aliphatic heterocycles. The van der Waals surface area contributed by atoms with Crippen molar-refractivity contribution in [1.82, 2.24) is 0 Å². The van der Waals surface area contributed by atoms with Gasteiger partial charge in [-0.25, -0.2) is 4.39 Å². The van der Waals surface area contributed by atoms with Crippen LogP contribution in [0, 0.1) is 17.7 Å². The van der Waals surface area contributed by atoms with Crippen LogP contribution in [0.25, 0.3) is 0 Å². The number of benzene rings is 1. The summed E-state index contributed by atoms with van der Waals surface area (Å²) in [7, 11) is 0. The van der Waals surface area contributed by atoms with Crippen LogP contribution in [-0.4, -0.2) is 6.54 Å². The van der Waals surface area contributed by atoms with Gasteiger partial charge in [0.15, 0.2) is 0 Å². The molecule has 3 unspecified atom stereocenters. The van der Waals surface area contributed by atoms with E-state index in [9.17, 15) is 4.39 Å². The molecule has 3 atom stereocenters. The van der Waals surface area contributed by atoms with Gasteiger partial charge in [0, 0.05) is 0 Å². The van der Waals surface area contributed by atoms with Gasteiger partial charge in [-0.2, -0.15) is 0 Å². The molecule has 18 heavy (non-hydrogen) atoms. The smallest absolute Gasteiger partial charge is 0.140 e. The van der Waals surface area contributed by atoms with E-state index in [4.69, 9.17) is 5.73 Å². The Morgan fingerprint density at radius 2 is 2.17 bits per heavy atom. The maximum atomic E-state index is 14.2. The maximum Gasteiger partial charge on any atom is 0.140 e. The molecule has 1 fully saturated rings. The van der Waals surface area contributed by atoms with E-state index in [1.807, 2.05) is 12.1 Å². The SMILES string of the molecule is CCC1CCC(CN)C(c2cccc(Br)c2F)C1. The normalized spacial score (nSPS) is 28.3. The summed E-state index contributed by atoms with van der Waals surface area (Å²) in [6.07, 6.45) is 4.63. The van der Waals surface area contributed by atoms with Crippen LogP contribution in [0.2, 0.25) is 0 Å². The molecule has 100 valence electrons. The van der Waals surface area contributed by atoms with Gasteiger partial charge < -0.3 is 5.73 Å². The van der Waals surface area contributed by atoms with Gasteiger partial charge in [0.05, 0.1) is 4.47 Å². The van der Waals surface area contributed by atoms with Crippen LogP contribution in [0.3, 0.4) is 0 Å². The quantitative estimate of drug-likeness (QED) is 0.876. The first-order valence-corrected chi connectivity index (χ1v) is 7.60. The minimum atomic E-state index is -0.0993. The lowest BCUT2D eigenvalue weighted by atomic mass is 9.70. The molecule has 2 N–H and O–H groups in total. The molecule has 1 saturated carbocycles. The highest BCUT2D eigenvalue weighted by molar-refractivity contribution is 9.10. The Morgan fingerprint density at radius 1 is 1.39 bits per heavy atom. The van der Waals surface area contributed by atoms with Crippen LogP contribution in [-0.2, 0) is 0 Å². The zero-order valence-corrected chi connectivity index (χ0v) is 12.4. The molecule has 1 aromatic carbocycles. The van der Waals surface area contributed by atoms with Crippen LogP contribution in [0.1, 0.15) is 44.1 Å². The van der Waals surface area contributed by atoms with Crippen molar-refractivity contribution in [3.63, 3.8) is 0 Å². The first-order valence-electron chi connectivity index (χ1n) is 6.81. The third kappa shape index (κ3) is 2.77. The summed E-state index contributed by atoms with van der Waals surface area (Å²) >= 11 is 3.28. The van der Waals surface area contributed by atoms with E-state index in [1.54, 1.807) is 6.07 Å². The number of hydrogen-bond donors (Lipinski definition) is 1. The van der Waals surface area contributed by atoms with Gasteiger partial charge in [-0.1, -0.05) is 31.9 Å². The van der Waals surface area contributed by atoms with Crippen molar-refractivity contribution in [3.05, 3.63) is 34.1 Å². The lowest BCUT2D eigenvalue weighted by molar-refractivity contribution is 0.232. The van der Waals surface area contributed by atoms with Crippen molar-refractivity contribution in [3.8, 4) is 0 Å². The fraction of sp³-hybridized carbons (Fsp3) is 0.600. The molecule has 0 amide bonds. The van der Waals surface area contributed by atoms with E-state index in [-0.39, 0.29) is 11.7 Å². The van der Waals surface area contributed by atoms with Gasteiger partial charge in [-0.15, -0.1) is 0 Å². The highest BCUT2D eigenvalue weighted by Crippen LogP contribution is 2.42. The van der Waals surface area contributed by atoms with Gasteiger partial charge in [0.1, 0.15) is 5.82 Å². The molecule has 1 nitrogen and oxygen atoms in total. The van der Waals surface area contributed by atoms with Gasteiger partial charge in [-0.05, 0) is 64.7 Å². The first-order chi connectivity index (χ1) is 8.67. The fourth-order valence-electron chi connectivity index (χ4n) is 3.16. The number of nitrogens with two attached hydrogens (primary N) is 1. The fourth-order valence-corrected chi connectivity index (χ4v) is 3.54. The minimum absolute atomic E-state index is 0.0993. The van der Waals surface area contributed by atoms with Crippen LogP contribution in [0.4, 0.5) is 4.39 Å². The molecule has 1 aromatic rings. The molecule has 2 rings (SSSR count). The van der Waals surface area contributed by atoms with Crippen LogP contribution in [0.15, 0.2) is 22.7 Å².